The molecule has 3 heterocycles. The lowest BCUT2D eigenvalue weighted by atomic mass is 10.1. The molecule has 0 radical (unpaired) electrons. The number of amidine groups is 1. The first kappa shape index (κ1) is 15.5. The fourth-order valence-corrected chi connectivity index (χ4v) is 3.95. The molecule has 8 heteroatoms. The van der Waals surface area contributed by atoms with E-state index in [0.717, 1.165) is 31.1 Å². The number of benzene rings is 1. The average molecular weight is 347 g/mol. The number of carbonyl (C=O) groups excluding carboxylic acids is 2. The largest absolute Gasteiger partial charge is 0.411 e. The molecule has 24 heavy (non-hydrogen) atoms. The Morgan fingerprint density at radius 1 is 1.29 bits per heavy atom. The number of hydrogen-bond donors (Lipinski definition) is 1. The van der Waals surface area contributed by atoms with Gasteiger partial charge in [0.2, 0.25) is 0 Å². The Hall–Kier alpha value is -2.06. The van der Waals surface area contributed by atoms with Crippen molar-refractivity contribution in [3.63, 3.8) is 0 Å². The molecule has 7 nitrogen and oxygen atoms in total. The van der Waals surface area contributed by atoms with Crippen LogP contribution < -0.4 is 10.2 Å². The van der Waals surface area contributed by atoms with Gasteiger partial charge in [-0.2, -0.15) is 0 Å². The van der Waals surface area contributed by atoms with Gasteiger partial charge in [0.15, 0.2) is 5.17 Å². The van der Waals surface area contributed by atoms with Gasteiger partial charge in [-0.15, -0.1) is 0 Å². The van der Waals surface area contributed by atoms with Gasteiger partial charge in [0.25, 0.3) is 0 Å². The number of carbonyl (C=O) groups is 2. The summed E-state index contributed by atoms with van der Waals surface area (Å²) in [6.45, 7) is 2.45. The van der Waals surface area contributed by atoms with Gasteiger partial charge in [0.1, 0.15) is 6.42 Å². The third kappa shape index (κ3) is 3.11. The molecule has 1 aromatic rings. The van der Waals surface area contributed by atoms with Crippen LogP contribution in [-0.4, -0.2) is 43.2 Å². The van der Waals surface area contributed by atoms with Crippen molar-refractivity contribution in [3.05, 3.63) is 23.8 Å². The number of nitrogens with one attached hydrogen (secondary N) is 1. The third-order valence-corrected chi connectivity index (χ3v) is 5.12. The van der Waals surface area contributed by atoms with Gasteiger partial charge in [-0.05, 0) is 42.3 Å². The smallest absolute Gasteiger partial charge is 0.321 e. The summed E-state index contributed by atoms with van der Waals surface area (Å²) in [5.41, 5.74) is 2.38. The van der Waals surface area contributed by atoms with Crippen LogP contribution in [0.4, 0.5) is 5.69 Å². The number of aliphatic imine (C=N–C) groups is 1. The van der Waals surface area contributed by atoms with Crippen LogP contribution >= 0.6 is 11.8 Å². The lowest BCUT2D eigenvalue weighted by Crippen LogP contribution is -2.43. The lowest BCUT2D eigenvalue weighted by molar-refractivity contribution is -0.208. The highest BCUT2D eigenvalue weighted by Crippen LogP contribution is 2.41. The molecule has 1 aromatic carbocycles. The van der Waals surface area contributed by atoms with Crippen molar-refractivity contribution in [3.8, 4) is 0 Å². The molecule has 3 aliphatic rings. The molecule has 1 N–H and O–H groups in total. The molecule has 0 aliphatic carbocycles. The number of anilines is 1. The second kappa shape index (κ2) is 6.45. The predicted molar refractivity (Wildman–Crippen MR) is 88.9 cm³/mol. The van der Waals surface area contributed by atoms with Crippen LogP contribution in [0, 0.1) is 0 Å². The van der Waals surface area contributed by atoms with Gasteiger partial charge in [0.05, 0.1) is 5.69 Å². The van der Waals surface area contributed by atoms with Crippen LogP contribution in [0.3, 0.4) is 0 Å². The zero-order chi connectivity index (χ0) is 16.5. The highest BCUT2D eigenvalue weighted by atomic mass is 32.2. The summed E-state index contributed by atoms with van der Waals surface area (Å²) in [5.74, 6) is -1.12. The highest BCUT2D eigenvalue weighted by molar-refractivity contribution is 8.14. The topological polar surface area (TPSA) is 80.2 Å². The minimum atomic E-state index is -0.982. The Morgan fingerprint density at radius 3 is 2.96 bits per heavy atom. The zero-order valence-electron chi connectivity index (χ0n) is 13.0. The number of thioether (sulfide) groups is 1. The maximum absolute atomic E-state index is 11.2. The second-order valence-electron chi connectivity index (χ2n) is 5.77. The minimum Gasteiger partial charge on any atom is -0.411 e. The summed E-state index contributed by atoms with van der Waals surface area (Å²) in [6.07, 6.45) is 0.516. The van der Waals surface area contributed by atoms with E-state index in [1.165, 1.54) is 16.1 Å². The van der Waals surface area contributed by atoms with Crippen molar-refractivity contribution in [1.29, 1.82) is 0 Å². The van der Waals surface area contributed by atoms with E-state index in [1.807, 2.05) is 0 Å². The molecule has 0 amide bonds. The number of nitrogens with zero attached hydrogens (tertiary/aromatic N) is 2. The van der Waals surface area contributed by atoms with E-state index in [-0.39, 0.29) is 6.42 Å². The van der Waals surface area contributed by atoms with E-state index in [2.05, 4.69) is 33.4 Å². The van der Waals surface area contributed by atoms with Crippen LogP contribution in [-0.2, 0) is 25.5 Å². The summed E-state index contributed by atoms with van der Waals surface area (Å²) < 4.78 is 9.84. The summed E-state index contributed by atoms with van der Waals surface area (Å²) in [6, 6.07) is 6.39. The molecule has 0 spiro atoms. The molecule has 3 aliphatic heterocycles. The van der Waals surface area contributed by atoms with Gasteiger partial charge in [-0.25, -0.2) is 5.32 Å². The Bertz CT molecular complexity index is 705. The number of fused-ring (bicyclic) bond motifs is 3. The van der Waals surface area contributed by atoms with Gasteiger partial charge in [-0.1, -0.05) is 6.07 Å². The van der Waals surface area contributed by atoms with E-state index in [9.17, 15) is 9.59 Å². The molecule has 1 saturated heterocycles. The first-order valence-electron chi connectivity index (χ1n) is 7.94. The SMILES string of the molecule is O=C1CC(=O)OC(NCCc2ccc3c(c2)N2CCCN=C2S3)O1. The maximum Gasteiger partial charge on any atom is 0.321 e. The summed E-state index contributed by atoms with van der Waals surface area (Å²) in [4.78, 5) is 30.5. The molecule has 0 unspecified atom stereocenters. The number of rotatable bonds is 4. The minimum absolute atomic E-state index is 0.319. The number of ether oxygens (including phenoxy) is 2. The molecular weight excluding hydrogens is 330 g/mol. The van der Waals surface area contributed by atoms with Crippen molar-refractivity contribution < 1.29 is 19.1 Å². The summed E-state index contributed by atoms with van der Waals surface area (Å²) >= 11 is 1.72. The highest BCUT2D eigenvalue weighted by Gasteiger charge is 2.29. The summed E-state index contributed by atoms with van der Waals surface area (Å²) in [7, 11) is 0. The first-order chi connectivity index (χ1) is 11.7. The Labute approximate surface area is 143 Å². The van der Waals surface area contributed by atoms with Crippen LogP contribution in [0.2, 0.25) is 0 Å². The van der Waals surface area contributed by atoms with Crippen molar-refractivity contribution in [2.75, 3.05) is 24.5 Å². The number of cyclic esters (lactones) is 2. The van der Waals surface area contributed by atoms with Crippen molar-refractivity contribution in [1.82, 2.24) is 5.32 Å². The van der Waals surface area contributed by atoms with Crippen LogP contribution in [0.5, 0.6) is 0 Å². The van der Waals surface area contributed by atoms with Crippen LogP contribution in [0.1, 0.15) is 18.4 Å². The maximum atomic E-state index is 11.2. The van der Waals surface area contributed by atoms with E-state index < -0.39 is 18.4 Å². The molecule has 126 valence electrons. The quantitative estimate of drug-likeness (QED) is 0.649. The Balaban J connectivity index is 1.37. The predicted octanol–water partition coefficient (Wildman–Crippen LogP) is 1.26. The summed E-state index contributed by atoms with van der Waals surface area (Å²) in [5, 5.41) is 4.02. The van der Waals surface area contributed by atoms with E-state index in [1.54, 1.807) is 11.8 Å². The van der Waals surface area contributed by atoms with E-state index in [4.69, 9.17) is 9.47 Å². The fraction of sp³-hybridized carbons (Fsp3) is 0.438. The molecule has 0 atom stereocenters. The Kier molecular flexibility index (Phi) is 4.15. The number of hydrogen-bond acceptors (Lipinski definition) is 8. The van der Waals surface area contributed by atoms with Crippen molar-refractivity contribution >= 4 is 34.6 Å². The van der Waals surface area contributed by atoms with Gasteiger partial charge < -0.3 is 14.4 Å². The average Bonchev–Trinajstić information content (AvgIpc) is 2.92. The van der Waals surface area contributed by atoms with Gasteiger partial charge >= 0.3 is 18.4 Å². The second-order valence-corrected chi connectivity index (χ2v) is 6.78. The monoisotopic (exact) mass is 347 g/mol. The van der Waals surface area contributed by atoms with Crippen molar-refractivity contribution in [2.24, 2.45) is 4.99 Å². The molecule has 0 aromatic heterocycles. The normalized spacial score (nSPS) is 20.2. The Morgan fingerprint density at radius 2 is 2.12 bits per heavy atom. The molecule has 0 saturated carbocycles. The van der Waals surface area contributed by atoms with Gasteiger partial charge in [0, 0.05) is 24.5 Å². The van der Waals surface area contributed by atoms with Crippen LogP contribution in [0.15, 0.2) is 28.1 Å². The third-order valence-electron chi connectivity index (χ3n) is 4.02. The standard InChI is InChI=1S/C16H17N3O4S/c20-13-9-14(21)23-16(22-13)18-6-4-10-2-3-12-11(8-10)19-7-1-5-17-15(19)24-12/h2-3,8,16,18H,1,4-7,9H2. The molecule has 1 fully saturated rings. The zero-order valence-corrected chi connectivity index (χ0v) is 13.8. The van der Waals surface area contributed by atoms with Crippen molar-refractivity contribution in [2.45, 2.75) is 30.6 Å². The van der Waals surface area contributed by atoms with E-state index in [0.29, 0.717) is 6.54 Å². The molecule has 0 bridgehead atoms. The van der Waals surface area contributed by atoms with Gasteiger partial charge in [-0.3, -0.25) is 14.6 Å². The molecule has 4 rings (SSSR count). The molecular formula is C16H17N3O4S. The first-order valence-corrected chi connectivity index (χ1v) is 8.76. The fourth-order valence-electron chi connectivity index (χ4n) is 2.89. The van der Waals surface area contributed by atoms with E-state index >= 15 is 0 Å². The lowest BCUT2D eigenvalue weighted by Gasteiger charge is -2.23. The van der Waals surface area contributed by atoms with Crippen LogP contribution in [0.25, 0.3) is 0 Å². The number of esters is 2.